The van der Waals surface area contributed by atoms with E-state index in [1.54, 1.807) is 30.3 Å². The van der Waals surface area contributed by atoms with Crippen LogP contribution < -0.4 is 5.32 Å². The summed E-state index contributed by atoms with van der Waals surface area (Å²) in [5, 5.41) is 6.54. The molecule has 2 aromatic carbocycles. The molecule has 1 amide bonds. The third-order valence-electron chi connectivity index (χ3n) is 4.43. The van der Waals surface area contributed by atoms with E-state index in [0.29, 0.717) is 5.56 Å². The second-order valence-electron chi connectivity index (χ2n) is 6.72. The lowest BCUT2D eigenvalue weighted by Gasteiger charge is -2.12. The SMILES string of the molecule is Cc1nc(Nc2ccc(C(=O)N(C)C)cc2)c2c(-c3ccccc3)csc2n1. The fourth-order valence-electron chi connectivity index (χ4n) is 3.06. The lowest BCUT2D eigenvalue weighted by atomic mass is 10.1. The minimum atomic E-state index is -0.0176. The van der Waals surface area contributed by atoms with Gasteiger partial charge in [0.25, 0.3) is 5.91 Å². The summed E-state index contributed by atoms with van der Waals surface area (Å²) in [4.78, 5) is 23.9. The van der Waals surface area contributed by atoms with E-state index in [0.717, 1.165) is 38.7 Å². The normalized spacial score (nSPS) is 10.8. The maximum absolute atomic E-state index is 12.1. The van der Waals surface area contributed by atoms with E-state index in [2.05, 4.69) is 32.8 Å². The van der Waals surface area contributed by atoms with Gasteiger partial charge in [-0.1, -0.05) is 30.3 Å². The van der Waals surface area contributed by atoms with Gasteiger partial charge in [-0.25, -0.2) is 9.97 Å². The number of carbonyl (C=O) groups excluding carboxylic acids is 1. The predicted molar refractivity (Wildman–Crippen MR) is 115 cm³/mol. The van der Waals surface area contributed by atoms with Crippen LogP contribution in [-0.4, -0.2) is 34.9 Å². The van der Waals surface area contributed by atoms with Crippen molar-refractivity contribution < 1.29 is 4.79 Å². The second-order valence-corrected chi connectivity index (χ2v) is 7.58. The number of fused-ring (bicyclic) bond motifs is 1. The highest BCUT2D eigenvalue weighted by atomic mass is 32.1. The summed E-state index contributed by atoms with van der Waals surface area (Å²) in [6, 6.07) is 17.7. The third kappa shape index (κ3) is 3.46. The zero-order valence-electron chi connectivity index (χ0n) is 15.9. The highest BCUT2D eigenvalue weighted by Gasteiger charge is 2.15. The first-order valence-electron chi connectivity index (χ1n) is 8.93. The molecule has 28 heavy (non-hydrogen) atoms. The first kappa shape index (κ1) is 18.1. The number of amides is 1. The maximum Gasteiger partial charge on any atom is 0.253 e. The number of thiophene rings is 1. The molecule has 0 aliphatic rings. The topological polar surface area (TPSA) is 58.1 Å². The van der Waals surface area contributed by atoms with Gasteiger partial charge in [0.05, 0.1) is 5.39 Å². The molecule has 0 atom stereocenters. The lowest BCUT2D eigenvalue weighted by molar-refractivity contribution is 0.0827. The monoisotopic (exact) mass is 388 g/mol. The lowest BCUT2D eigenvalue weighted by Crippen LogP contribution is -2.21. The smallest absolute Gasteiger partial charge is 0.253 e. The molecule has 0 spiro atoms. The molecule has 4 rings (SSSR count). The standard InChI is InChI=1S/C22H20N4OS/c1-14-23-20(25-17-11-9-16(10-12-17)22(27)26(2)3)19-18(13-28-21(19)24-14)15-7-5-4-6-8-15/h4-13H,1-3H3,(H,23,24,25). The van der Waals surface area contributed by atoms with Gasteiger partial charge in [0.1, 0.15) is 16.5 Å². The Balaban J connectivity index is 1.74. The molecule has 2 aromatic heterocycles. The van der Waals surface area contributed by atoms with Crippen LogP contribution in [0.15, 0.2) is 60.0 Å². The summed E-state index contributed by atoms with van der Waals surface area (Å²) in [5.41, 5.74) is 3.78. The number of aromatic nitrogens is 2. The van der Waals surface area contributed by atoms with E-state index >= 15 is 0 Å². The molecule has 6 heteroatoms. The quantitative estimate of drug-likeness (QED) is 0.528. The van der Waals surface area contributed by atoms with Crippen molar-refractivity contribution in [3.8, 4) is 11.1 Å². The molecular weight excluding hydrogens is 368 g/mol. The molecule has 0 saturated heterocycles. The number of hydrogen-bond donors (Lipinski definition) is 1. The summed E-state index contributed by atoms with van der Waals surface area (Å²) in [7, 11) is 3.49. The van der Waals surface area contributed by atoms with Gasteiger partial charge < -0.3 is 10.2 Å². The number of carbonyl (C=O) groups is 1. The zero-order valence-corrected chi connectivity index (χ0v) is 16.7. The Morgan fingerprint density at radius 1 is 1.00 bits per heavy atom. The summed E-state index contributed by atoms with van der Waals surface area (Å²) in [5.74, 6) is 1.47. The average Bonchev–Trinajstić information content (AvgIpc) is 3.12. The van der Waals surface area contributed by atoms with Crippen molar-refractivity contribution in [3.63, 3.8) is 0 Å². The molecule has 5 nitrogen and oxygen atoms in total. The number of benzene rings is 2. The molecule has 0 aliphatic heterocycles. The van der Waals surface area contributed by atoms with Crippen LogP contribution >= 0.6 is 11.3 Å². The molecule has 0 bridgehead atoms. The van der Waals surface area contributed by atoms with Crippen LogP contribution in [0, 0.1) is 6.92 Å². The summed E-state index contributed by atoms with van der Waals surface area (Å²) < 4.78 is 0. The van der Waals surface area contributed by atoms with Gasteiger partial charge in [0.2, 0.25) is 0 Å². The van der Waals surface area contributed by atoms with Crippen LogP contribution in [0.2, 0.25) is 0 Å². The minimum absolute atomic E-state index is 0.0176. The molecule has 0 saturated carbocycles. The van der Waals surface area contributed by atoms with E-state index in [1.165, 1.54) is 0 Å². The molecule has 2 heterocycles. The van der Waals surface area contributed by atoms with Crippen molar-refractivity contribution in [2.75, 3.05) is 19.4 Å². The summed E-state index contributed by atoms with van der Waals surface area (Å²) >= 11 is 1.62. The zero-order chi connectivity index (χ0) is 19.7. The highest BCUT2D eigenvalue weighted by Crippen LogP contribution is 2.37. The van der Waals surface area contributed by atoms with Crippen molar-refractivity contribution in [3.05, 3.63) is 71.4 Å². The Bertz CT molecular complexity index is 1130. The Morgan fingerprint density at radius 2 is 1.71 bits per heavy atom. The third-order valence-corrected chi connectivity index (χ3v) is 5.30. The Kier molecular flexibility index (Phi) is 4.79. The molecule has 4 aromatic rings. The van der Waals surface area contributed by atoms with Crippen LogP contribution in [0.5, 0.6) is 0 Å². The van der Waals surface area contributed by atoms with Gasteiger partial charge in [-0.05, 0) is 36.8 Å². The molecule has 0 fully saturated rings. The van der Waals surface area contributed by atoms with Gasteiger partial charge in [-0.2, -0.15) is 0 Å². The number of anilines is 2. The van der Waals surface area contributed by atoms with Crippen molar-refractivity contribution in [2.24, 2.45) is 0 Å². The molecule has 140 valence electrons. The number of rotatable bonds is 4. The van der Waals surface area contributed by atoms with Crippen LogP contribution in [0.4, 0.5) is 11.5 Å². The fraction of sp³-hybridized carbons (Fsp3) is 0.136. The van der Waals surface area contributed by atoms with Crippen molar-refractivity contribution >= 4 is 39.0 Å². The van der Waals surface area contributed by atoms with E-state index in [4.69, 9.17) is 0 Å². The predicted octanol–water partition coefficient (Wildman–Crippen LogP) is 5.11. The number of nitrogens with one attached hydrogen (secondary N) is 1. The van der Waals surface area contributed by atoms with Crippen LogP contribution in [0.25, 0.3) is 21.3 Å². The van der Waals surface area contributed by atoms with Crippen molar-refractivity contribution in [1.82, 2.24) is 14.9 Å². The molecule has 1 N–H and O–H groups in total. The summed E-state index contributed by atoms with van der Waals surface area (Å²) in [6.45, 7) is 1.89. The summed E-state index contributed by atoms with van der Waals surface area (Å²) in [6.07, 6.45) is 0. The minimum Gasteiger partial charge on any atom is -0.345 e. The Morgan fingerprint density at radius 3 is 2.39 bits per heavy atom. The number of aryl methyl sites for hydroxylation is 1. The van der Waals surface area contributed by atoms with E-state index in [1.807, 2.05) is 49.4 Å². The van der Waals surface area contributed by atoms with E-state index in [9.17, 15) is 4.79 Å². The molecule has 0 aliphatic carbocycles. The van der Waals surface area contributed by atoms with Gasteiger partial charge in [-0.15, -0.1) is 11.3 Å². The van der Waals surface area contributed by atoms with Crippen molar-refractivity contribution in [1.29, 1.82) is 0 Å². The van der Waals surface area contributed by atoms with Gasteiger partial charge >= 0.3 is 0 Å². The van der Waals surface area contributed by atoms with Gasteiger partial charge in [-0.3, -0.25) is 4.79 Å². The Hall–Kier alpha value is -3.25. The van der Waals surface area contributed by atoms with Crippen LogP contribution in [0.1, 0.15) is 16.2 Å². The highest BCUT2D eigenvalue weighted by molar-refractivity contribution is 7.17. The largest absolute Gasteiger partial charge is 0.345 e. The molecular formula is C22H20N4OS. The fourth-order valence-corrected chi connectivity index (χ4v) is 4.05. The van der Waals surface area contributed by atoms with Crippen LogP contribution in [-0.2, 0) is 0 Å². The first-order chi connectivity index (χ1) is 13.5. The first-order valence-corrected chi connectivity index (χ1v) is 9.81. The van der Waals surface area contributed by atoms with Crippen LogP contribution in [0.3, 0.4) is 0 Å². The van der Waals surface area contributed by atoms with E-state index in [-0.39, 0.29) is 5.91 Å². The molecule has 0 radical (unpaired) electrons. The number of hydrogen-bond acceptors (Lipinski definition) is 5. The second kappa shape index (κ2) is 7.40. The van der Waals surface area contributed by atoms with Gasteiger partial charge in [0, 0.05) is 36.3 Å². The molecule has 0 unspecified atom stereocenters. The van der Waals surface area contributed by atoms with Crippen molar-refractivity contribution in [2.45, 2.75) is 6.92 Å². The number of nitrogens with zero attached hydrogens (tertiary/aromatic N) is 3. The van der Waals surface area contributed by atoms with Gasteiger partial charge in [0.15, 0.2) is 0 Å². The Labute approximate surface area is 167 Å². The van der Waals surface area contributed by atoms with E-state index < -0.39 is 0 Å². The average molecular weight is 388 g/mol. The maximum atomic E-state index is 12.1.